The summed E-state index contributed by atoms with van der Waals surface area (Å²) in [5.41, 5.74) is 0.323. The van der Waals surface area contributed by atoms with Crippen molar-refractivity contribution in [3.63, 3.8) is 0 Å². The van der Waals surface area contributed by atoms with Crippen molar-refractivity contribution < 1.29 is 29.0 Å². The molecule has 0 radical (unpaired) electrons. The molecule has 7 heteroatoms. The zero-order valence-electron chi connectivity index (χ0n) is 13.2. The number of hydrogen-bond acceptors (Lipinski definition) is 5. The third kappa shape index (κ3) is 2.87. The van der Waals surface area contributed by atoms with E-state index in [-0.39, 0.29) is 34.5 Å². The third-order valence-corrected chi connectivity index (χ3v) is 3.73. The second kappa shape index (κ2) is 6.20. The third-order valence-electron chi connectivity index (χ3n) is 3.73. The van der Waals surface area contributed by atoms with Crippen LogP contribution in [0.15, 0.2) is 42.5 Å². The topological polar surface area (TPSA) is 101 Å². The van der Waals surface area contributed by atoms with E-state index in [4.69, 9.17) is 9.84 Å². The summed E-state index contributed by atoms with van der Waals surface area (Å²) in [7, 11) is 0. The highest BCUT2D eigenvalue weighted by molar-refractivity contribution is 6.34. The van der Waals surface area contributed by atoms with Crippen LogP contribution in [0, 0.1) is 0 Å². The van der Waals surface area contributed by atoms with E-state index in [1.807, 2.05) is 0 Å². The summed E-state index contributed by atoms with van der Waals surface area (Å²) in [6.07, 6.45) is 0.190. The predicted octanol–water partition coefficient (Wildman–Crippen LogP) is 2.50. The molecule has 0 spiro atoms. The van der Waals surface area contributed by atoms with E-state index in [2.05, 4.69) is 0 Å². The van der Waals surface area contributed by atoms with Crippen LogP contribution < -0.4 is 9.64 Å². The molecule has 2 aromatic carbocycles. The standard InChI is InChI=1S/C18H13NO6/c1-2-15(20)25-12-5-3-4-11(9-12)19-16(21)13-7-6-10(18(23)24)8-14(13)17(19)22/h3-9H,2H2,1H3,(H,23,24). The number of benzene rings is 2. The Kier molecular flexibility index (Phi) is 4.06. The molecule has 3 rings (SSSR count). The first kappa shape index (κ1) is 16.4. The van der Waals surface area contributed by atoms with Gasteiger partial charge in [0.05, 0.1) is 22.4 Å². The van der Waals surface area contributed by atoms with E-state index >= 15 is 0 Å². The lowest BCUT2D eigenvalue weighted by molar-refractivity contribution is -0.134. The second-order valence-corrected chi connectivity index (χ2v) is 5.34. The lowest BCUT2D eigenvalue weighted by atomic mass is 10.1. The summed E-state index contributed by atoms with van der Waals surface area (Å²) in [6, 6.07) is 9.81. The van der Waals surface area contributed by atoms with Gasteiger partial charge in [-0.1, -0.05) is 13.0 Å². The van der Waals surface area contributed by atoms with Crippen LogP contribution in [-0.4, -0.2) is 28.9 Å². The van der Waals surface area contributed by atoms with Crippen LogP contribution in [0.3, 0.4) is 0 Å². The lowest BCUT2D eigenvalue weighted by Crippen LogP contribution is -2.29. The highest BCUT2D eigenvalue weighted by Crippen LogP contribution is 2.31. The number of nitrogens with zero attached hydrogens (tertiary/aromatic N) is 1. The Morgan fingerprint density at radius 1 is 1.04 bits per heavy atom. The molecule has 0 saturated carbocycles. The van der Waals surface area contributed by atoms with Crippen LogP contribution in [0.25, 0.3) is 0 Å². The van der Waals surface area contributed by atoms with Gasteiger partial charge in [0.25, 0.3) is 11.8 Å². The van der Waals surface area contributed by atoms with E-state index in [9.17, 15) is 19.2 Å². The predicted molar refractivity (Wildman–Crippen MR) is 86.9 cm³/mol. The van der Waals surface area contributed by atoms with Gasteiger partial charge in [0.15, 0.2) is 0 Å². The number of carboxylic acid groups (broad SMARTS) is 1. The number of esters is 1. The Morgan fingerprint density at radius 3 is 2.44 bits per heavy atom. The Hall–Kier alpha value is -3.48. The molecule has 0 saturated heterocycles. The van der Waals surface area contributed by atoms with Crippen molar-refractivity contribution in [3.8, 4) is 5.75 Å². The fourth-order valence-corrected chi connectivity index (χ4v) is 2.50. The van der Waals surface area contributed by atoms with Crippen molar-refractivity contribution >= 4 is 29.4 Å². The number of aromatic carboxylic acids is 1. The molecule has 1 N–H and O–H groups in total. The first-order valence-corrected chi connectivity index (χ1v) is 7.49. The van der Waals surface area contributed by atoms with Crippen molar-refractivity contribution in [2.45, 2.75) is 13.3 Å². The fraction of sp³-hybridized carbons (Fsp3) is 0.111. The molecule has 0 unspecified atom stereocenters. The molecule has 7 nitrogen and oxygen atoms in total. The van der Waals surface area contributed by atoms with Crippen LogP contribution in [-0.2, 0) is 4.79 Å². The highest BCUT2D eigenvalue weighted by Gasteiger charge is 2.37. The minimum Gasteiger partial charge on any atom is -0.478 e. The Labute approximate surface area is 142 Å². The van der Waals surface area contributed by atoms with E-state index in [1.165, 1.54) is 36.4 Å². The number of carbonyl (C=O) groups is 4. The van der Waals surface area contributed by atoms with E-state index in [0.717, 1.165) is 4.90 Å². The Bertz CT molecular complexity index is 918. The summed E-state index contributed by atoms with van der Waals surface area (Å²) < 4.78 is 5.10. The lowest BCUT2D eigenvalue weighted by Gasteiger charge is -2.14. The molecule has 0 fully saturated rings. The molecular formula is C18H13NO6. The molecule has 1 aliphatic heterocycles. The van der Waals surface area contributed by atoms with Gasteiger partial charge in [0.2, 0.25) is 0 Å². The average Bonchev–Trinajstić information content (AvgIpc) is 2.85. The summed E-state index contributed by atoms with van der Waals surface area (Å²) in [5.74, 6) is -2.59. The molecule has 0 aromatic heterocycles. The summed E-state index contributed by atoms with van der Waals surface area (Å²) in [6.45, 7) is 1.65. The molecule has 1 aliphatic rings. The van der Waals surface area contributed by atoms with Crippen molar-refractivity contribution in [2.24, 2.45) is 0 Å². The van der Waals surface area contributed by atoms with E-state index in [0.29, 0.717) is 0 Å². The molecule has 0 bridgehead atoms. The minimum absolute atomic E-state index is 0.0286. The molecule has 25 heavy (non-hydrogen) atoms. The number of amides is 2. The second-order valence-electron chi connectivity index (χ2n) is 5.34. The van der Waals surface area contributed by atoms with Crippen molar-refractivity contribution in [2.75, 3.05) is 4.90 Å². The number of carbonyl (C=O) groups excluding carboxylic acids is 3. The molecular weight excluding hydrogens is 326 g/mol. The van der Waals surface area contributed by atoms with Gasteiger partial charge in [-0.3, -0.25) is 14.4 Å². The van der Waals surface area contributed by atoms with Gasteiger partial charge < -0.3 is 9.84 Å². The summed E-state index contributed by atoms with van der Waals surface area (Å²) in [5, 5.41) is 9.04. The van der Waals surface area contributed by atoms with Crippen molar-refractivity contribution in [3.05, 3.63) is 59.2 Å². The van der Waals surface area contributed by atoms with Crippen LogP contribution in [0.4, 0.5) is 5.69 Å². The van der Waals surface area contributed by atoms with Gasteiger partial charge in [0.1, 0.15) is 5.75 Å². The molecule has 2 aromatic rings. The van der Waals surface area contributed by atoms with E-state index in [1.54, 1.807) is 13.0 Å². The molecule has 0 aliphatic carbocycles. The zero-order valence-corrected chi connectivity index (χ0v) is 13.2. The number of ether oxygens (including phenoxy) is 1. The number of rotatable bonds is 4. The van der Waals surface area contributed by atoms with Crippen LogP contribution in [0.1, 0.15) is 44.4 Å². The van der Waals surface area contributed by atoms with Crippen LogP contribution in [0.5, 0.6) is 5.75 Å². The van der Waals surface area contributed by atoms with Crippen LogP contribution in [0.2, 0.25) is 0 Å². The van der Waals surface area contributed by atoms with Crippen LogP contribution >= 0.6 is 0 Å². The number of carboxylic acids is 1. The fourth-order valence-electron chi connectivity index (χ4n) is 2.50. The highest BCUT2D eigenvalue weighted by atomic mass is 16.5. The molecule has 2 amide bonds. The summed E-state index contributed by atoms with van der Waals surface area (Å²) >= 11 is 0. The smallest absolute Gasteiger partial charge is 0.335 e. The van der Waals surface area contributed by atoms with Gasteiger partial charge in [-0.25, -0.2) is 9.69 Å². The van der Waals surface area contributed by atoms with E-state index < -0.39 is 23.8 Å². The SMILES string of the molecule is CCC(=O)Oc1cccc(N2C(=O)c3ccc(C(=O)O)cc3C2=O)c1. The maximum absolute atomic E-state index is 12.6. The number of fused-ring (bicyclic) bond motifs is 1. The average molecular weight is 339 g/mol. The normalized spacial score (nSPS) is 12.9. The zero-order chi connectivity index (χ0) is 18.1. The monoisotopic (exact) mass is 339 g/mol. The number of hydrogen-bond donors (Lipinski definition) is 1. The minimum atomic E-state index is -1.19. The number of anilines is 1. The molecule has 0 atom stereocenters. The van der Waals surface area contributed by atoms with Gasteiger partial charge in [-0.05, 0) is 30.3 Å². The quantitative estimate of drug-likeness (QED) is 0.522. The number of imide groups is 1. The largest absolute Gasteiger partial charge is 0.478 e. The molecule has 126 valence electrons. The Balaban J connectivity index is 1.98. The first-order chi connectivity index (χ1) is 11.9. The molecule has 1 heterocycles. The van der Waals surface area contributed by atoms with Gasteiger partial charge >= 0.3 is 11.9 Å². The van der Waals surface area contributed by atoms with Crippen molar-refractivity contribution in [1.82, 2.24) is 0 Å². The maximum atomic E-state index is 12.6. The Morgan fingerprint density at radius 2 is 1.76 bits per heavy atom. The van der Waals surface area contributed by atoms with Gasteiger partial charge in [0, 0.05) is 12.5 Å². The van der Waals surface area contributed by atoms with Gasteiger partial charge in [-0.15, -0.1) is 0 Å². The van der Waals surface area contributed by atoms with Gasteiger partial charge in [-0.2, -0.15) is 0 Å². The summed E-state index contributed by atoms with van der Waals surface area (Å²) in [4.78, 5) is 48.5. The maximum Gasteiger partial charge on any atom is 0.335 e. The first-order valence-electron chi connectivity index (χ1n) is 7.49. The van der Waals surface area contributed by atoms with Crippen molar-refractivity contribution in [1.29, 1.82) is 0 Å².